The number of imide groups is 2. The van der Waals surface area contributed by atoms with Gasteiger partial charge in [-0.3, -0.25) is 39.1 Å². The summed E-state index contributed by atoms with van der Waals surface area (Å²) in [6.07, 6.45) is 0.192. The number of amides is 4. The Bertz CT molecular complexity index is 1190. The van der Waals surface area contributed by atoms with Crippen molar-refractivity contribution in [2.75, 3.05) is 26.3 Å². The third-order valence-electron chi connectivity index (χ3n) is 6.36. The number of ether oxygens (including phenoxy) is 2. The molecule has 194 valence electrons. The molecule has 0 radical (unpaired) electrons. The van der Waals surface area contributed by atoms with Gasteiger partial charge in [-0.05, 0) is 29.7 Å². The van der Waals surface area contributed by atoms with E-state index in [1.165, 1.54) is 5.56 Å². The van der Waals surface area contributed by atoms with Gasteiger partial charge in [0.15, 0.2) is 0 Å². The molecule has 2 saturated heterocycles. The average molecular weight is 510 g/mol. The van der Waals surface area contributed by atoms with Crippen LogP contribution in [0, 0.1) is 0 Å². The second-order valence-corrected chi connectivity index (χ2v) is 8.73. The summed E-state index contributed by atoms with van der Waals surface area (Å²) in [5.41, 5.74) is 2.49. The first-order valence-corrected chi connectivity index (χ1v) is 11.9. The van der Waals surface area contributed by atoms with Crippen molar-refractivity contribution in [3.8, 4) is 5.75 Å². The predicted octanol–water partition coefficient (Wildman–Crippen LogP) is 1.20. The summed E-state index contributed by atoms with van der Waals surface area (Å²) in [6.45, 7) is 4.21. The van der Waals surface area contributed by atoms with E-state index >= 15 is 0 Å². The van der Waals surface area contributed by atoms with Gasteiger partial charge in [-0.25, -0.2) is 0 Å². The van der Waals surface area contributed by atoms with Crippen LogP contribution in [0.15, 0.2) is 42.5 Å². The molecule has 4 amide bonds. The highest BCUT2D eigenvalue weighted by Crippen LogP contribution is 2.34. The Hall–Kier alpha value is -4.09. The molecule has 0 saturated carbocycles. The maximum Gasteiger partial charge on any atom is 0.290 e. The molecule has 0 spiro atoms. The molecular weight excluding hydrogens is 482 g/mol. The maximum atomic E-state index is 13.1. The van der Waals surface area contributed by atoms with Gasteiger partial charge < -0.3 is 14.6 Å². The van der Waals surface area contributed by atoms with Gasteiger partial charge in [-0.1, -0.05) is 30.3 Å². The Kier molecular flexibility index (Phi) is 8.26. The summed E-state index contributed by atoms with van der Waals surface area (Å²) in [7, 11) is 0. The van der Waals surface area contributed by atoms with Crippen LogP contribution in [0.4, 0.5) is 0 Å². The summed E-state index contributed by atoms with van der Waals surface area (Å²) >= 11 is 0. The Labute approximate surface area is 212 Å². The Balaban J connectivity index is 0.00000102. The van der Waals surface area contributed by atoms with Crippen molar-refractivity contribution < 1.29 is 38.6 Å². The molecule has 2 aromatic carbocycles. The van der Waals surface area contributed by atoms with Crippen molar-refractivity contribution in [1.29, 1.82) is 0 Å². The first-order valence-electron chi connectivity index (χ1n) is 11.9. The van der Waals surface area contributed by atoms with Gasteiger partial charge in [0.25, 0.3) is 18.3 Å². The third-order valence-corrected chi connectivity index (χ3v) is 6.36. The van der Waals surface area contributed by atoms with Crippen LogP contribution in [0.3, 0.4) is 0 Å². The van der Waals surface area contributed by atoms with Crippen LogP contribution >= 0.6 is 0 Å². The van der Waals surface area contributed by atoms with Crippen molar-refractivity contribution in [1.82, 2.24) is 15.1 Å². The molecule has 11 heteroatoms. The van der Waals surface area contributed by atoms with Gasteiger partial charge >= 0.3 is 0 Å². The van der Waals surface area contributed by atoms with Gasteiger partial charge in [0, 0.05) is 26.1 Å². The highest BCUT2D eigenvalue weighted by molar-refractivity contribution is 6.24. The SMILES string of the molecule is O=C1CCC(N2C(=O)c3cccc(OCc4ccc(CN5CCOCC5)cc4)c3C2=O)C(=O)N1.O=CO. The van der Waals surface area contributed by atoms with Crippen LogP contribution in [0.1, 0.15) is 44.7 Å². The number of nitrogens with zero attached hydrogens (tertiary/aromatic N) is 2. The molecule has 11 nitrogen and oxygen atoms in total. The van der Waals surface area contributed by atoms with E-state index in [0.717, 1.165) is 43.3 Å². The lowest BCUT2D eigenvalue weighted by Crippen LogP contribution is -2.54. The number of carboxylic acid groups (broad SMARTS) is 1. The zero-order valence-electron chi connectivity index (χ0n) is 20.1. The van der Waals surface area contributed by atoms with E-state index < -0.39 is 29.7 Å². The first-order chi connectivity index (χ1) is 17.9. The molecule has 3 heterocycles. The number of hydrogen-bond donors (Lipinski definition) is 2. The molecule has 2 fully saturated rings. The smallest absolute Gasteiger partial charge is 0.290 e. The summed E-state index contributed by atoms with van der Waals surface area (Å²) in [5, 5.41) is 9.09. The van der Waals surface area contributed by atoms with E-state index in [9.17, 15) is 19.2 Å². The summed E-state index contributed by atoms with van der Waals surface area (Å²) in [5.74, 6) is -1.87. The minimum absolute atomic E-state index is 0.0781. The highest BCUT2D eigenvalue weighted by atomic mass is 16.5. The van der Waals surface area contributed by atoms with E-state index in [0.29, 0.717) is 5.75 Å². The van der Waals surface area contributed by atoms with E-state index in [4.69, 9.17) is 19.4 Å². The number of piperidine rings is 1. The average Bonchev–Trinajstić information content (AvgIpc) is 3.15. The Morgan fingerprint density at radius 3 is 2.35 bits per heavy atom. The fourth-order valence-electron chi connectivity index (χ4n) is 4.52. The Morgan fingerprint density at radius 2 is 1.68 bits per heavy atom. The fraction of sp³-hybridized carbons (Fsp3) is 0.346. The molecule has 1 atom stereocenters. The first kappa shape index (κ1) is 26.0. The lowest BCUT2D eigenvalue weighted by Gasteiger charge is -2.27. The molecule has 5 rings (SSSR count). The second kappa shape index (κ2) is 11.8. The molecule has 1 unspecified atom stereocenters. The largest absolute Gasteiger partial charge is 0.488 e. The van der Waals surface area contributed by atoms with Crippen molar-refractivity contribution >= 4 is 30.1 Å². The van der Waals surface area contributed by atoms with Crippen molar-refractivity contribution in [2.45, 2.75) is 32.0 Å². The number of nitrogens with one attached hydrogen (secondary N) is 1. The molecule has 2 N–H and O–H groups in total. The summed E-state index contributed by atoms with van der Waals surface area (Å²) < 4.78 is 11.3. The van der Waals surface area contributed by atoms with Gasteiger partial charge in [-0.2, -0.15) is 0 Å². The Morgan fingerprint density at radius 1 is 1.00 bits per heavy atom. The minimum atomic E-state index is -1.00. The molecule has 0 aromatic heterocycles. The molecule has 37 heavy (non-hydrogen) atoms. The highest BCUT2D eigenvalue weighted by Gasteiger charge is 2.46. The van der Waals surface area contributed by atoms with Gasteiger partial charge in [0.2, 0.25) is 11.8 Å². The second-order valence-electron chi connectivity index (χ2n) is 8.73. The topological polar surface area (TPSA) is 143 Å². The number of hydrogen-bond acceptors (Lipinski definition) is 8. The van der Waals surface area contributed by atoms with Gasteiger partial charge in [0.05, 0.1) is 24.3 Å². The lowest BCUT2D eigenvalue weighted by molar-refractivity contribution is -0.136. The van der Waals surface area contributed by atoms with Crippen molar-refractivity contribution in [3.63, 3.8) is 0 Å². The van der Waals surface area contributed by atoms with Crippen LogP contribution in [-0.4, -0.2) is 77.4 Å². The number of benzene rings is 2. The zero-order chi connectivity index (χ0) is 26.4. The quantitative estimate of drug-likeness (QED) is 0.434. The normalized spacial score (nSPS) is 19.6. The number of carbonyl (C=O) groups is 5. The van der Waals surface area contributed by atoms with Crippen LogP contribution in [0.2, 0.25) is 0 Å². The van der Waals surface area contributed by atoms with Gasteiger partial charge in [-0.15, -0.1) is 0 Å². The zero-order valence-corrected chi connectivity index (χ0v) is 20.1. The number of morpholine rings is 1. The monoisotopic (exact) mass is 509 g/mol. The third kappa shape index (κ3) is 5.84. The van der Waals surface area contributed by atoms with E-state index in [-0.39, 0.29) is 37.0 Å². The molecular formula is C26H27N3O8. The number of rotatable bonds is 6. The standard InChI is InChI=1S/C25H25N3O6.CH2O2/c29-21-9-8-19(23(30)26-21)28-24(31)18-2-1-3-20(22(18)25(28)32)34-15-17-6-4-16(5-7-17)14-27-10-12-33-13-11-27;2-1-3/h1-7,19H,8-15H2,(H,26,29,30);1H,(H,2,3). The lowest BCUT2D eigenvalue weighted by atomic mass is 10.0. The van der Waals surface area contributed by atoms with Crippen molar-refractivity contribution in [3.05, 3.63) is 64.7 Å². The molecule has 2 aromatic rings. The molecule has 3 aliphatic heterocycles. The van der Waals surface area contributed by atoms with E-state index in [1.807, 2.05) is 12.1 Å². The number of carbonyl (C=O) groups excluding carboxylic acids is 4. The molecule has 0 aliphatic carbocycles. The van der Waals surface area contributed by atoms with Gasteiger partial charge in [0.1, 0.15) is 18.4 Å². The van der Waals surface area contributed by atoms with Crippen molar-refractivity contribution in [2.24, 2.45) is 0 Å². The van der Waals surface area contributed by atoms with Crippen LogP contribution < -0.4 is 10.1 Å². The maximum absolute atomic E-state index is 13.1. The predicted molar refractivity (Wildman–Crippen MR) is 129 cm³/mol. The summed E-state index contributed by atoms with van der Waals surface area (Å²) in [6, 6.07) is 11.9. The number of fused-ring (bicyclic) bond motifs is 1. The molecule has 3 aliphatic rings. The minimum Gasteiger partial charge on any atom is -0.488 e. The fourth-order valence-corrected chi connectivity index (χ4v) is 4.52. The van der Waals surface area contributed by atoms with Crippen LogP contribution in [0.25, 0.3) is 0 Å². The van der Waals surface area contributed by atoms with E-state index in [1.54, 1.807) is 18.2 Å². The van der Waals surface area contributed by atoms with Crippen LogP contribution in [-0.2, 0) is 32.3 Å². The van der Waals surface area contributed by atoms with E-state index in [2.05, 4.69) is 22.3 Å². The van der Waals surface area contributed by atoms with Crippen LogP contribution in [0.5, 0.6) is 5.75 Å². The summed E-state index contributed by atoms with van der Waals surface area (Å²) in [4.78, 5) is 61.5. The molecule has 0 bridgehead atoms.